The fraction of sp³-hybridized carbons (Fsp3) is 0.625. The van der Waals surface area contributed by atoms with Gasteiger partial charge in [0.2, 0.25) is 0 Å². The monoisotopic (exact) mass is 262 g/mol. The van der Waals surface area contributed by atoms with E-state index in [0.717, 1.165) is 32.7 Å². The van der Waals surface area contributed by atoms with Crippen molar-refractivity contribution in [1.82, 2.24) is 10.2 Å². The van der Waals surface area contributed by atoms with Crippen molar-refractivity contribution in [1.29, 1.82) is 0 Å². The van der Waals surface area contributed by atoms with Crippen LogP contribution >= 0.6 is 0 Å². The van der Waals surface area contributed by atoms with Gasteiger partial charge in [-0.1, -0.05) is 31.2 Å². The summed E-state index contributed by atoms with van der Waals surface area (Å²) in [5.41, 5.74) is 2.75. The van der Waals surface area contributed by atoms with Crippen molar-refractivity contribution < 1.29 is 4.74 Å². The Morgan fingerprint density at radius 2 is 2.16 bits per heavy atom. The number of rotatable bonds is 6. The molecule has 0 radical (unpaired) electrons. The van der Waals surface area contributed by atoms with Crippen LogP contribution in [-0.2, 0) is 17.8 Å². The van der Waals surface area contributed by atoms with Crippen LogP contribution in [0.25, 0.3) is 0 Å². The Morgan fingerprint density at radius 3 is 2.84 bits per heavy atom. The summed E-state index contributed by atoms with van der Waals surface area (Å²) in [5, 5.41) is 3.37. The maximum atomic E-state index is 5.65. The Kier molecular flexibility index (Phi) is 5.37. The van der Waals surface area contributed by atoms with Crippen molar-refractivity contribution >= 4 is 0 Å². The van der Waals surface area contributed by atoms with Crippen molar-refractivity contribution in [3.8, 4) is 0 Å². The number of benzene rings is 1. The molecule has 0 aliphatic carbocycles. The summed E-state index contributed by atoms with van der Waals surface area (Å²) >= 11 is 0. The normalized spacial score (nSPS) is 23.2. The largest absolute Gasteiger partial charge is 0.377 e. The fourth-order valence-corrected chi connectivity index (χ4v) is 2.81. The molecule has 3 nitrogen and oxygen atoms in total. The Morgan fingerprint density at radius 1 is 1.37 bits per heavy atom. The molecule has 0 amide bonds. The van der Waals surface area contributed by atoms with E-state index in [9.17, 15) is 0 Å². The minimum Gasteiger partial charge on any atom is -0.377 e. The van der Waals surface area contributed by atoms with Crippen LogP contribution in [0.4, 0.5) is 0 Å². The van der Waals surface area contributed by atoms with Gasteiger partial charge >= 0.3 is 0 Å². The molecule has 106 valence electrons. The summed E-state index contributed by atoms with van der Waals surface area (Å²) in [7, 11) is 2.20. The molecule has 1 fully saturated rings. The van der Waals surface area contributed by atoms with Crippen LogP contribution in [0.5, 0.6) is 0 Å². The highest BCUT2D eigenvalue weighted by Gasteiger charge is 2.27. The predicted molar refractivity (Wildman–Crippen MR) is 79.1 cm³/mol. The van der Waals surface area contributed by atoms with E-state index in [1.165, 1.54) is 11.1 Å². The lowest BCUT2D eigenvalue weighted by Crippen LogP contribution is -2.36. The molecule has 1 aromatic rings. The third-order valence-electron chi connectivity index (χ3n) is 3.90. The van der Waals surface area contributed by atoms with Gasteiger partial charge in [0.05, 0.1) is 6.10 Å². The summed E-state index contributed by atoms with van der Waals surface area (Å²) in [4.78, 5) is 2.42. The highest BCUT2D eigenvalue weighted by molar-refractivity contribution is 5.23. The minimum atomic E-state index is 0.356. The molecule has 1 heterocycles. The second-order valence-corrected chi connectivity index (χ2v) is 5.45. The van der Waals surface area contributed by atoms with Gasteiger partial charge in [0, 0.05) is 25.7 Å². The lowest BCUT2D eigenvalue weighted by Gasteiger charge is -2.26. The summed E-state index contributed by atoms with van der Waals surface area (Å²) < 4.78 is 5.65. The Balaban J connectivity index is 1.94. The zero-order valence-corrected chi connectivity index (χ0v) is 12.4. The molecule has 1 aliphatic heterocycles. The van der Waals surface area contributed by atoms with Gasteiger partial charge in [0.25, 0.3) is 0 Å². The molecule has 1 aromatic carbocycles. The molecule has 1 saturated heterocycles. The molecule has 2 atom stereocenters. The van der Waals surface area contributed by atoms with Crippen LogP contribution in [0, 0.1) is 0 Å². The number of nitrogens with zero attached hydrogens (tertiary/aromatic N) is 1. The van der Waals surface area contributed by atoms with E-state index >= 15 is 0 Å². The lowest BCUT2D eigenvalue weighted by molar-refractivity contribution is 0.0814. The Bertz CT molecular complexity index is 394. The first-order valence-corrected chi connectivity index (χ1v) is 7.31. The number of hydrogen-bond acceptors (Lipinski definition) is 3. The average Bonchev–Trinajstić information content (AvgIpc) is 2.83. The van der Waals surface area contributed by atoms with Gasteiger partial charge in [-0.05, 0) is 38.1 Å². The average molecular weight is 262 g/mol. The molecule has 2 rings (SSSR count). The summed E-state index contributed by atoms with van der Waals surface area (Å²) in [6.07, 6.45) is 1.50. The summed E-state index contributed by atoms with van der Waals surface area (Å²) in [5.74, 6) is 0. The van der Waals surface area contributed by atoms with E-state index in [4.69, 9.17) is 4.74 Å². The van der Waals surface area contributed by atoms with Crippen molar-refractivity contribution in [2.45, 2.75) is 45.5 Å². The second-order valence-electron chi connectivity index (χ2n) is 5.45. The molecule has 0 saturated carbocycles. The second kappa shape index (κ2) is 7.04. The van der Waals surface area contributed by atoms with Crippen LogP contribution < -0.4 is 5.32 Å². The zero-order valence-electron chi connectivity index (χ0n) is 12.4. The third-order valence-corrected chi connectivity index (χ3v) is 3.90. The first-order valence-electron chi connectivity index (χ1n) is 7.31. The number of nitrogens with one attached hydrogen (secondary N) is 1. The summed E-state index contributed by atoms with van der Waals surface area (Å²) in [6.45, 7) is 8.18. The van der Waals surface area contributed by atoms with Crippen molar-refractivity contribution in [2.75, 3.05) is 20.2 Å². The quantitative estimate of drug-likeness (QED) is 0.852. The van der Waals surface area contributed by atoms with Gasteiger partial charge < -0.3 is 10.1 Å². The molecular weight excluding hydrogens is 236 g/mol. The van der Waals surface area contributed by atoms with E-state index in [-0.39, 0.29) is 0 Å². The topological polar surface area (TPSA) is 24.5 Å². The van der Waals surface area contributed by atoms with Crippen molar-refractivity contribution in [3.63, 3.8) is 0 Å². The van der Waals surface area contributed by atoms with E-state index in [2.05, 4.69) is 55.4 Å². The van der Waals surface area contributed by atoms with Crippen LogP contribution in [0.1, 0.15) is 31.4 Å². The molecule has 1 aliphatic rings. The molecule has 1 N–H and O–H groups in total. The lowest BCUT2D eigenvalue weighted by atomic mass is 10.1. The molecule has 3 heteroatoms. The van der Waals surface area contributed by atoms with Gasteiger partial charge in [0.1, 0.15) is 0 Å². The standard InChI is InChI=1S/C16H26N2O/c1-4-17-11-14-6-5-7-15(10-14)12-18(3)16-8-9-19-13(16)2/h5-7,10,13,16-17H,4,8-9,11-12H2,1-3H3. The number of likely N-dealkylation sites (N-methyl/N-ethyl adjacent to an activating group) is 1. The van der Waals surface area contributed by atoms with Crippen LogP contribution in [0.2, 0.25) is 0 Å². The van der Waals surface area contributed by atoms with E-state index in [1.807, 2.05) is 0 Å². The molecule has 0 aromatic heterocycles. The van der Waals surface area contributed by atoms with Gasteiger partial charge in [-0.3, -0.25) is 4.90 Å². The summed E-state index contributed by atoms with van der Waals surface area (Å²) in [6, 6.07) is 9.42. The van der Waals surface area contributed by atoms with Gasteiger partial charge in [-0.15, -0.1) is 0 Å². The molecule has 2 unspecified atom stereocenters. The Labute approximate surface area is 116 Å². The SMILES string of the molecule is CCNCc1cccc(CN(C)C2CCOC2C)c1. The first kappa shape index (κ1) is 14.5. The van der Waals surface area contributed by atoms with Gasteiger partial charge in [-0.2, -0.15) is 0 Å². The minimum absolute atomic E-state index is 0.356. The van der Waals surface area contributed by atoms with Gasteiger partial charge in [0.15, 0.2) is 0 Å². The van der Waals surface area contributed by atoms with Crippen LogP contribution in [-0.4, -0.2) is 37.2 Å². The van der Waals surface area contributed by atoms with E-state index < -0.39 is 0 Å². The third kappa shape index (κ3) is 4.03. The zero-order chi connectivity index (χ0) is 13.7. The van der Waals surface area contributed by atoms with E-state index in [0.29, 0.717) is 12.1 Å². The predicted octanol–water partition coefficient (Wildman–Crippen LogP) is 2.41. The fourth-order valence-electron chi connectivity index (χ4n) is 2.81. The first-order chi connectivity index (χ1) is 9.20. The number of hydrogen-bond donors (Lipinski definition) is 1. The highest BCUT2D eigenvalue weighted by Crippen LogP contribution is 2.20. The molecule has 19 heavy (non-hydrogen) atoms. The maximum Gasteiger partial charge on any atom is 0.0703 e. The molecule has 0 bridgehead atoms. The maximum absolute atomic E-state index is 5.65. The van der Waals surface area contributed by atoms with Crippen LogP contribution in [0.3, 0.4) is 0 Å². The Hall–Kier alpha value is -0.900. The van der Waals surface area contributed by atoms with E-state index in [1.54, 1.807) is 0 Å². The molecular formula is C16H26N2O. The van der Waals surface area contributed by atoms with Crippen molar-refractivity contribution in [2.24, 2.45) is 0 Å². The van der Waals surface area contributed by atoms with Crippen LogP contribution in [0.15, 0.2) is 24.3 Å². The van der Waals surface area contributed by atoms with Gasteiger partial charge in [-0.25, -0.2) is 0 Å². The molecule has 0 spiro atoms. The number of ether oxygens (including phenoxy) is 1. The highest BCUT2D eigenvalue weighted by atomic mass is 16.5. The van der Waals surface area contributed by atoms with Crippen molar-refractivity contribution in [3.05, 3.63) is 35.4 Å². The smallest absolute Gasteiger partial charge is 0.0703 e.